The predicted molar refractivity (Wildman–Crippen MR) is 136 cm³/mol. The van der Waals surface area contributed by atoms with Gasteiger partial charge in [0.2, 0.25) is 5.91 Å². The second-order valence-electron chi connectivity index (χ2n) is 8.09. The molecule has 2 amide bonds. The first-order chi connectivity index (χ1) is 17.0. The van der Waals surface area contributed by atoms with Crippen molar-refractivity contribution < 1.29 is 9.59 Å². The van der Waals surface area contributed by atoms with Crippen LogP contribution in [-0.2, 0) is 17.6 Å². The molecule has 1 aromatic heterocycles. The van der Waals surface area contributed by atoms with Crippen LogP contribution >= 0.6 is 0 Å². The molecule has 0 aliphatic heterocycles. The number of carbonyl (C=O) groups is 2. The highest BCUT2D eigenvalue weighted by molar-refractivity contribution is 6.01. The van der Waals surface area contributed by atoms with Crippen LogP contribution in [0.3, 0.4) is 0 Å². The van der Waals surface area contributed by atoms with E-state index in [1.54, 1.807) is 42.5 Å². The molecule has 4 aromatic rings. The lowest BCUT2D eigenvalue weighted by Crippen LogP contribution is -2.45. The summed E-state index contributed by atoms with van der Waals surface area (Å²) < 4.78 is 0. The minimum Gasteiger partial charge on any atom is -0.340 e. The number of anilines is 1. The average molecular weight is 467 g/mol. The van der Waals surface area contributed by atoms with Crippen LogP contribution in [0.4, 0.5) is 5.69 Å². The molecule has 7 nitrogen and oxygen atoms in total. The number of aromatic nitrogens is 2. The van der Waals surface area contributed by atoms with Crippen molar-refractivity contribution in [3.05, 3.63) is 118 Å². The number of hydrogen-bond donors (Lipinski definition) is 3. The number of aromatic amines is 1. The third kappa shape index (κ3) is 6.29. The third-order valence-electron chi connectivity index (χ3n) is 5.50. The summed E-state index contributed by atoms with van der Waals surface area (Å²) in [6.07, 6.45) is 0.966. The number of carbonyl (C=O) groups excluding carboxylic acids is 2. The Kier molecular flexibility index (Phi) is 7.47. The lowest BCUT2D eigenvalue weighted by molar-refractivity contribution is -0.118. The maximum atomic E-state index is 13.3. The van der Waals surface area contributed by atoms with Crippen molar-refractivity contribution in [2.24, 2.45) is 0 Å². The highest BCUT2D eigenvalue weighted by Crippen LogP contribution is 2.19. The van der Waals surface area contributed by atoms with Gasteiger partial charge in [-0.3, -0.25) is 14.4 Å². The molecule has 0 bridgehead atoms. The number of amides is 2. The maximum Gasteiger partial charge on any atom is 0.251 e. The van der Waals surface area contributed by atoms with Crippen LogP contribution in [0.25, 0.3) is 11.4 Å². The van der Waals surface area contributed by atoms with Crippen LogP contribution in [-0.4, -0.2) is 27.8 Å². The van der Waals surface area contributed by atoms with E-state index in [1.807, 2.05) is 49.4 Å². The van der Waals surface area contributed by atoms with Gasteiger partial charge in [-0.05, 0) is 36.2 Å². The van der Waals surface area contributed by atoms with Gasteiger partial charge in [0, 0.05) is 35.0 Å². The summed E-state index contributed by atoms with van der Waals surface area (Å²) in [6, 6.07) is 26.1. The van der Waals surface area contributed by atoms with Gasteiger partial charge in [0.25, 0.3) is 11.5 Å². The topological polar surface area (TPSA) is 104 Å². The normalized spacial score (nSPS) is 11.5. The second-order valence-corrected chi connectivity index (χ2v) is 8.09. The number of rotatable bonds is 8. The summed E-state index contributed by atoms with van der Waals surface area (Å²) in [5, 5.41) is 5.76. The Bertz CT molecular complexity index is 1370. The van der Waals surface area contributed by atoms with Crippen LogP contribution in [0.5, 0.6) is 0 Å². The van der Waals surface area contributed by atoms with Crippen molar-refractivity contribution in [2.45, 2.75) is 25.8 Å². The fraction of sp³-hybridized carbons (Fsp3) is 0.143. The van der Waals surface area contributed by atoms with Crippen molar-refractivity contribution in [1.29, 1.82) is 0 Å². The van der Waals surface area contributed by atoms with E-state index in [-0.39, 0.29) is 17.4 Å². The van der Waals surface area contributed by atoms with E-state index in [2.05, 4.69) is 20.6 Å². The van der Waals surface area contributed by atoms with E-state index < -0.39 is 6.04 Å². The molecule has 176 valence electrons. The Labute approximate surface area is 203 Å². The van der Waals surface area contributed by atoms with Crippen molar-refractivity contribution >= 4 is 17.5 Å². The molecule has 1 unspecified atom stereocenters. The summed E-state index contributed by atoms with van der Waals surface area (Å²) in [5.74, 6) is -0.240. The van der Waals surface area contributed by atoms with Crippen molar-refractivity contribution in [2.75, 3.05) is 5.32 Å². The van der Waals surface area contributed by atoms with E-state index in [1.165, 1.54) is 6.07 Å². The standard InChI is InChI=1S/C28H26N4O3/c1-2-22-18-25(33)32-26(29-22)21-14-9-15-23(17-21)30-28(35)24(16-19-10-5-3-6-11-19)31-27(34)20-12-7-4-8-13-20/h3-15,17-18,24H,2,16H2,1H3,(H,30,35)(H,31,34)(H,29,32,33). The molecule has 0 aliphatic rings. The van der Waals surface area contributed by atoms with Crippen LogP contribution in [0.2, 0.25) is 0 Å². The van der Waals surface area contributed by atoms with Crippen molar-refractivity contribution in [3.63, 3.8) is 0 Å². The summed E-state index contributed by atoms with van der Waals surface area (Å²) in [6.45, 7) is 1.93. The monoisotopic (exact) mass is 466 g/mol. The Balaban J connectivity index is 1.56. The van der Waals surface area contributed by atoms with Gasteiger partial charge < -0.3 is 15.6 Å². The van der Waals surface area contributed by atoms with Crippen molar-refractivity contribution in [3.8, 4) is 11.4 Å². The Morgan fingerprint density at radius 2 is 1.63 bits per heavy atom. The second kappa shape index (κ2) is 11.1. The lowest BCUT2D eigenvalue weighted by atomic mass is 10.0. The first kappa shape index (κ1) is 23.6. The van der Waals surface area contributed by atoms with Gasteiger partial charge in [0.1, 0.15) is 11.9 Å². The molecular weight excluding hydrogens is 440 g/mol. The lowest BCUT2D eigenvalue weighted by Gasteiger charge is -2.19. The van der Waals surface area contributed by atoms with Crippen LogP contribution in [0.1, 0.15) is 28.5 Å². The van der Waals surface area contributed by atoms with Gasteiger partial charge in [-0.25, -0.2) is 4.98 Å². The molecular formula is C28H26N4O3. The van der Waals surface area contributed by atoms with Gasteiger partial charge in [0.15, 0.2) is 0 Å². The van der Waals surface area contributed by atoms with Crippen molar-refractivity contribution in [1.82, 2.24) is 15.3 Å². The molecule has 7 heteroatoms. The first-order valence-electron chi connectivity index (χ1n) is 11.4. The summed E-state index contributed by atoms with van der Waals surface area (Å²) in [5.41, 5.74) is 3.06. The molecule has 3 aromatic carbocycles. The molecule has 0 saturated heterocycles. The minimum absolute atomic E-state index is 0.229. The predicted octanol–water partition coefficient (Wildman–Crippen LogP) is 3.98. The molecule has 0 spiro atoms. The summed E-state index contributed by atoms with van der Waals surface area (Å²) in [4.78, 5) is 45.3. The van der Waals surface area contributed by atoms with Crippen LogP contribution < -0.4 is 16.2 Å². The van der Waals surface area contributed by atoms with Gasteiger partial charge in [-0.15, -0.1) is 0 Å². The highest BCUT2D eigenvalue weighted by atomic mass is 16.2. The Morgan fingerprint density at radius 3 is 2.34 bits per heavy atom. The molecule has 1 heterocycles. The number of nitrogens with zero attached hydrogens (tertiary/aromatic N) is 1. The highest BCUT2D eigenvalue weighted by Gasteiger charge is 2.22. The number of hydrogen-bond acceptors (Lipinski definition) is 4. The fourth-order valence-corrected chi connectivity index (χ4v) is 3.69. The number of aryl methyl sites for hydroxylation is 1. The SMILES string of the molecule is CCc1cc(=O)[nH]c(-c2cccc(NC(=O)C(Cc3ccccc3)NC(=O)c3ccccc3)c2)n1. The maximum absolute atomic E-state index is 13.3. The average Bonchev–Trinajstić information content (AvgIpc) is 2.89. The van der Waals surface area contributed by atoms with Gasteiger partial charge in [-0.1, -0.05) is 67.6 Å². The van der Waals surface area contributed by atoms with Gasteiger partial charge in [-0.2, -0.15) is 0 Å². The number of benzene rings is 3. The molecule has 3 N–H and O–H groups in total. The molecule has 0 saturated carbocycles. The number of H-pyrrole nitrogens is 1. The molecule has 0 aliphatic carbocycles. The van der Waals surface area contributed by atoms with E-state index >= 15 is 0 Å². The summed E-state index contributed by atoms with van der Waals surface area (Å²) in [7, 11) is 0. The van der Waals surface area contributed by atoms with Crippen LogP contribution in [0, 0.1) is 0 Å². The number of nitrogens with one attached hydrogen (secondary N) is 3. The zero-order chi connectivity index (χ0) is 24.6. The first-order valence-corrected chi connectivity index (χ1v) is 11.4. The van der Waals surface area contributed by atoms with Gasteiger partial charge in [0.05, 0.1) is 0 Å². The molecule has 4 rings (SSSR count). The molecule has 1 atom stereocenters. The minimum atomic E-state index is -0.796. The smallest absolute Gasteiger partial charge is 0.251 e. The van der Waals surface area contributed by atoms with E-state index in [4.69, 9.17) is 0 Å². The van der Waals surface area contributed by atoms with E-state index in [0.717, 1.165) is 5.56 Å². The zero-order valence-corrected chi connectivity index (χ0v) is 19.3. The zero-order valence-electron chi connectivity index (χ0n) is 19.3. The van der Waals surface area contributed by atoms with E-state index in [0.29, 0.717) is 41.2 Å². The Hall–Kier alpha value is -4.52. The molecule has 0 radical (unpaired) electrons. The van der Waals surface area contributed by atoms with Gasteiger partial charge >= 0.3 is 0 Å². The van der Waals surface area contributed by atoms with Crippen LogP contribution in [0.15, 0.2) is 95.8 Å². The third-order valence-corrected chi connectivity index (χ3v) is 5.50. The Morgan fingerprint density at radius 1 is 0.914 bits per heavy atom. The quantitative estimate of drug-likeness (QED) is 0.365. The summed E-state index contributed by atoms with van der Waals surface area (Å²) >= 11 is 0. The molecule has 0 fully saturated rings. The molecule has 35 heavy (non-hydrogen) atoms. The van der Waals surface area contributed by atoms with E-state index in [9.17, 15) is 14.4 Å². The fourth-order valence-electron chi connectivity index (χ4n) is 3.69. The largest absolute Gasteiger partial charge is 0.340 e.